The van der Waals surface area contributed by atoms with Crippen molar-refractivity contribution in [2.24, 2.45) is 0 Å². The van der Waals surface area contributed by atoms with Gasteiger partial charge in [0.05, 0.1) is 12.2 Å². The van der Waals surface area contributed by atoms with Gasteiger partial charge in [-0.25, -0.2) is 4.79 Å². The molecule has 0 amide bonds. The van der Waals surface area contributed by atoms with E-state index in [4.69, 9.17) is 14.9 Å². The van der Waals surface area contributed by atoms with Crippen molar-refractivity contribution in [3.05, 3.63) is 0 Å². The molecule has 1 aliphatic heterocycles. The Bertz CT molecular complexity index is 181. The lowest BCUT2D eigenvalue weighted by atomic mass is 9.99. The number of hydrogen-bond acceptors (Lipinski definition) is 4. The molecule has 0 saturated carbocycles. The van der Waals surface area contributed by atoms with Gasteiger partial charge in [-0.05, 0) is 6.92 Å². The van der Waals surface area contributed by atoms with Crippen LogP contribution in [-0.4, -0.2) is 45.7 Å². The molecule has 0 aromatic carbocycles. The van der Waals surface area contributed by atoms with Crippen LogP contribution < -0.4 is 0 Å². The Hall–Kier alpha value is -0.650. The first-order valence-corrected chi connectivity index (χ1v) is 3.76. The first kappa shape index (κ1) is 9.44. The van der Waals surface area contributed by atoms with Crippen LogP contribution in [-0.2, 0) is 9.53 Å². The number of rotatable bonds is 1. The Balaban J connectivity index is 2.66. The molecule has 2 unspecified atom stereocenters. The number of aliphatic hydroxyl groups excluding tert-OH is 2. The van der Waals surface area contributed by atoms with Gasteiger partial charge in [0.25, 0.3) is 0 Å². The summed E-state index contributed by atoms with van der Waals surface area (Å²) < 4.78 is 4.92. The molecular formula is C7H12O5. The van der Waals surface area contributed by atoms with E-state index in [0.29, 0.717) is 0 Å². The zero-order chi connectivity index (χ0) is 9.30. The third-order valence-electron chi connectivity index (χ3n) is 1.90. The van der Waals surface area contributed by atoms with Crippen LogP contribution in [0, 0.1) is 0 Å². The van der Waals surface area contributed by atoms with E-state index in [1.54, 1.807) is 6.92 Å². The van der Waals surface area contributed by atoms with E-state index < -0.39 is 24.3 Å². The van der Waals surface area contributed by atoms with Crippen molar-refractivity contribution in [3.63, 3.8) is 0 Å². The normalized spacial score (nSPS) is 42.6. The molecule has 0 aromatic heterocycles. The average molecular weight is 176 g/mol. The highest BCUT2D eigenvalue weighted by atomic mass is 16.5. The van der Waals surface area contributed by atoms with Crippen molar-refractivity contribution < 1.29 is 24.9 Å². The minimum atomic E-state index is -1.32. The van der Waals surface area contributed by atoms with Crippen molar-refractivity contribution >= 4 is 5.97 Å². The Morgan fingerprint density at radius 1 is 1.50 bits per heavy atom. The van der Waals surface area contributed by atoms with Crippen molar-refractivity contribution in [1.82, 2.24) is 0 Å². The second-order valence-electron chi connectivity index (χ2n) is 3.00. The highest BCUT2D eigenvalue weighted by Gasteiger charge is 2.39. The van der Waals surface area contributed by atoms with Gasteiger partial charge >= 0.3 is 5.97 Å². The minimum absolute atomic E-state index is 0.269. The highest BCUT2D eigenvalue weighted by molar-refractivity contribution is 5.73. The maximum atomic E-state index is 10.5. The summed E-state index contributed by atoms with van der Waals surface area (Å²) in [6.07, 6.45) is -3.69. The van der Waals surface area contributed by atoms with Crippen molar-refractivity contribution in [2.75, 3.05) is 0 Å². The third kappa shape index (κ3) is 1.74. The van der Waals surface area contributed by atoms with Gasteiger partial charge in [0.1, 0.15) is 6.10 Å². The second kappa shape index (κ2) is 3.38. The molecule has 1 aliphatic rings. The quantitative estimate of drug-likeness (QED) is 0.475. The van der Waals surface area contributed by atoms with Gasteiger partial charge in [0, 0.05) is 6.42 Å². The van der Waals surface area contributed by atoms with Crippen molar-refractivity contribution in [3.8, 4) is 0 Å². The van der Waals surface area contributed by atoms with E-state index in [-0.39, 0.29) is 12.5 Å². The molecule has 70 valence electrons. The van der Waals surface area contributed by atoms with Crippen LogP contribution in [0.5, 0.6) is 0 Å². The van der Waals surface area contributed by atoms with Gasteiger partial charge < -0.3 is 20.1 Å². The zero-order valence-corrected chi connectivity index (χ0v) is 6.67. The fourth-order valence-corrected chi connectivity index (χ4v) is 1.27. The van der Waals surface area contributed by atoms with Crippen LogP contribution in [0.1, 0.15) is 13.3 Å². The van der Waals surface area contributed by atoms with Crippen LogP contribution in [0.2, 0.25) is 0 Å². The second-order valence-corrected chi connectivity index (χ2v) is 3.00. The fourth-order valence-electron chi connectivity index (χ4n) is 1.27. The SMILES string of the molecule is C[C@H]1C[C@@H](O)C(O)C(C(=O)O)O1. The number of aliphatic carboxylic acids is 1. The van der Waals surface area contributed by atoms with Gasteiger partial charge in [0.2, 0.25) is 0 Å². The zero-order valence-electron chi connectivity index (χ0n) is 6.67. The fraction of sp³-hybridized carbons (Fsp3) is 0.857. The van der Waals surface area contributed by atoms with E-state index in [0.717, 1.165) is 0 Å². The maximum absolute atomic E-state index is 10.5. The highest BCUT2D eigenvalue weighted by Crippen LogP contribution is 2.19. The van der Waals surface area contributed by atoms with E-state index in [1.165, 1.54) is 0 Å². The molecule has 0 aliphatic carbocycles. The van der Waals surface area contributed by atoms with Crippen LogP contribution in [0.25, 0.3) is 0 Å². The van der Waals surface area contributed by atoms with Gasteiger partial charge in [0.15, 0.2) is 6.10 Å². The standard InChI is InChI=1S/C7H12O5/c1-3-2-4(8)5(9)6(12-3)7(10)11/h3-6,8-9H,2H2,1H3,(H,10,11)/t3-,4+,5?,6?/m0/s1. The number of carboxylic acid groups (broad SMARTS) is 1. The molecule has 0 aromatic rings. The van der Waals surface area contributed by atoms with E-state index in [1.807, 2.05) is 0 Å². The number of carboxylic acids is 1. The molecule has 0 radical (unpaired) electrons. The van der Waals surface area contributed by atoms with Crippen LogP contribution >= 0.6 is 0 Å². The molecule has 0 spiro atoms. The lowest BCUT2D eigenvalue weighted by Gasteiger charge is -2.33. The molecule has 5 heteroatoms. The summed E-state index contributed by atoms with van der Waals surface area (Å²) in [4.78, 5) is 10.5. The summed E-state index contributed by atoms with van der Waals surface area (Å²) in [6, 6.07) is 0. The first-order valence-electron chi connectivity index (χ1n) is 3.76. The summed E-state index contributed by atoms with van der Waals surface area (Å²) in [5, 5.41) is 26.9. The van der Waals surface area contributed by atoms with Gasteiger partial charge in [-0.3, -0.25) is 0 Å². The minimum Gasteiger partial charge on any atom is -0.479 e. The molecule has 1 rings (SSSR count). The van der Waals surface area contributed by atoms with Crippen molar-refractivity contribution in [2.45, 2.75) is 37.8 Å². The predicted octanol–water partition coefficient (Wildman–Crippen LogP) is -1.03. The van der Waals surface area contributed by atoms with Crippen LogP contribution in [0.3, 0.4) is 0 Å². The number of hydrogen-bond donors (Lipinski definition) is 3. The van der Waals surface area contributed by atoms with Crippen molar-refractivity contribution in [1.29, 1.82) is 0 Å². The molecule has 4 atom stereocenters. The summed E-state index contributed by atoms with van der Waals surface area (Å²) in [5.41, 5.74) is 0. The Morgan fingerprint density at radius 3 is 2.58 bits per heavy atom. The largest absolute Gasteiger partial charge is 0.479 e. The Kier molecular flexibility index (Phi) is 2.66. The lowest BCUT2D eigenvalue weighted by Crippen LogP contribution is -2.51. The van der Waals surface area contributed by atoms with Crippen LogP contribution in [0.15, 0.2) is 0 Å². The maximum Gasteiger partial charge on any atom is 0.335 e. The molecular weight excluding hydrogens is 164 g/mol. The summed E-state index contributed by atoms with van der Waals surface area (Å²) in [6.45, 7) is 1.66. The van der Waals surface area contributed by atoms with E-state index >= 15 is 0 Å². The molecule has 5 nitrogen and oxygen atoms in total. The molecule has 1 heterocycles. The van der Waals surface area contributed by atoms with Gasteiger partial charge in [-0.1, -0.05) is 0 Å². The Morgan fingerprint density at radius 2 is 2.08 bits per heavy atom. The third-order valence-corrected chi connectivity index (χ3v) is 1.90. The molecule has 3 N–H and O–H groups in total. The first-order chi connectivity index (χ1) is 5.52. The molecule has 1 fully saturated rings. The smallest absolute Gasteiger partial charge is 0.335 e. The van der Waals surface area contributed by atoms with Gasteiger partial charge in [-0.2, -0.15) is 0 Å². The molecule has 0 bridgehead atoms. The summed E-state index contributed by atoms with van der Waals surface area (Å²) in [5.74, 6) is -1.24. The van der Waals surface area contributed by atoms with Crippen LogP contribution in [0.4, 0.5) is 0 Å². The topological polar surface area (TPSA) is 87.0 Å². The summed E-state index contributed by atoms with van der Waals surface area (Å²) >= 11 is 0. The van der Waals surface area contributed by atoms with E-state index in [9.17, 15) is 9.90 Å². The Labute approximate surface area is 69.6 Å². The molecule has 1 saturated heterocycles. The monoisotopic (exact) mass is 176 g/mol. The lowest BCUT2D eigenvalue weighted by molar-refractivity contribution is -0.190. The number of carbonyl (C=O) groups is 1. The van der Waals surface area contributed by atoms with Gasteiger partial charge in [-0.15, -0.1) is 0 Å². The number of ether oxygens (including phenoxy) is 1. The molecule has 12 heavy (non-hydrogen) atoms. The van der Waals surface area contributed by atoms with E-state index in [2.05, 4.69) is 0 Å². The summed E-state index contributed by atoms with van der Waals surface area (Å²) in [7, 11) is 0. The average Bonchev–Trinajstić information content (AvgIpc) is 1.96. The predicted molar refractivity (Wildman–Crippen MR) is 38.6 cm³/mol. The number of aliphatic hydroxyl groups is 2.